The molecule has 0 spiro atoms. The van der Waals surface area contributed by atoms with Crippen LogP contribution < -0.4 is 0 Å². The van der Waals surface area contributed by atoms with Crippen LogP contribution in [0.2, 0.25) is 0 Å². The van der Waals surface area contributed by atoms with Crippen molar-refractivity contribution in [1.29, 1.82) is 0 Å². The molecule has 0 N–H and O–H groups in total. The molecule has 1 unspecified atom stereocenters. The van der Waals surface area contributed by atoms with Gasteiger partial charge in [-0.2, -0.15) is 4.98 Å². The molecule has 2 aromatic rings. The summed E-state index contributed by atoms with van der Waals surface area (Å²) in [5, 5.41) is 4.12. The first-order valence-electron chi connectivity index (χ1n) is 10.7. The van der Waals surface area contributed by atoms with E-state index in [2.05, 4.69) is 26.9 Å². The van der Waals surface area contributed by atoms with E-state index in [4.69, 9.17) is 4.52 Å². The number of amides is 1. The van der Waals surface area contributed by atoms with Crippen LogP contribution >= 0.6 is 0 Å². The number of hydrogen-bond acceptors (Lipinski definition) is 5. The average Bonchev–Trinajstić information content (AvgIpc) is 3.22. The summed E-state index contributed by atoms with van der Waals surface area (Å²) in [5.41, 5.74) is 0.711. The average molecular weight is 383 g/mol. The molecule has 1 aliphatic heterocycles. The summed E-state index contributed by atoms with van der Waals surface area (Å²) in [6.07, 6.45) is 13.3. The quantitative estimate of drug-likeness (QED) is 0.772. The zero-order valence-corrected chi connectivity index (χ0v) is 16.8. The van der Waals surface area contributed by atoms with Gasteiger partial charge in [-0.05, 0) is 50.2 Å². The monoisotopic (exact) mass is 382 g/mol. The summed E-state index contributed by atoms with van der Waals surface area (Å²) in [6.45, 7) is 3.97. The van der Waals surface area contributed by atoms with Crippen LogP contribution in [0, 0.1) is 11.3 Å². The molecule has 1 saturated heterocycles. The van der Waals surface area contributed by atoms with Crippen molar-refractivity contribution in [3.05, 3.63) is 30.4 Å². The lowest BCUT2D eigenvalue weighted by Gasteiger charge is -2.40. The van der Waals surface area contributed by atoms with E-state index in [9.17, 15) is 4.79 Å². The van der Waals surface area contributed by atoms with Gasteiger partial charge in [0.2, 0.25) is 5.91 Å². The van der Waals surface area contributed by atoms with Crippen LogP contribution in [0.25, 0.3) is 11.5 Å². The molecule has 1 saturated carbocycles. The second-order valence-electron chi connectivity index (χ2n) is 8.68. The Balaban J connectivity index is 1.32. The Labute approximate surface area is 166 Å². The molecule has 2 aromatic heterocycles. The lowest BCUT2D eigenvalue weighted by Crippen LogP contribution is -2.47. The maximum atomic E-state index is 13.1. The van der Waals surface area contributed by atoms with E-state index in [1.165, 1.54) is 25.7 Å². The van der Waals surface area contributed by atoms with Crippen molar-refractivity contribution in [2.45, 2.75) is 64.7 Å². The van der Waals surface area contributed by atoms with Gasteiger partial charge in [0.15, 0.2) is 5.82 Å². The highest BCUT2D eigenvalue weighted by Gasteiger charge is 2.38. The third kappa shape index (κ3) is 4.26. The van der Waals surface area contributed by atoms with E-state index in [0.717, 1.165) is 56.6 Å². The highest BCUT2D eigenvalue weighted by atomic mass is 16.5. The summed E-state index contributed by atoms with van der Waals surface area (Å²) in [5.74, 6) is 2.16. The van der Waals surface area contributed by atoms with Gasteiger partial charge in [0.1, 0.15) is 0 Å². The second-order valence-corrected chi connectivity index (χ2v) is 8.68. The smallest absolute Gasteiger partial charge is 0.259 e. The molecular weight excluding hydrogens is 352 g/mol. The Kier molecular flexibility index (Phi) is 5.74. The second kappa shape index (κ2) is 8.41. The van der Waals surface area contributed by atoms with Gasteiger partial charge in [0.25, 0.3) is 5.89 Å². The molecule has 1 atom stereocenters. The SMILES string of the molecule is CC1(C(=O)N2CCCC(CCc3noc(-c4cccnc4)n3)C2)CCCCC1. The van der Waals surface area contributed by atoms with E-state index in [-0.39, 0.29) is 5.41 Å². The summed E-state index contributed by atoms with van der Waals surface area (Å²) in [7, 11) is 0. The Hall–Kier alpha value is -2.24. The maximum Gasteiger partial charge on any atom is 0.259 e. The fraction of sp³-hybridized carbons (Fsp3) is 0.636. The van der Waals surface area contributed by atoms with E-state index in [0.29, 0.717) is 17.7 Å². The van der Waals surface area contributed by atoms with E-state index < -0.39 is 0 Å². The first kappa shape index (κ1) is 19.1. The standard InChI is InChI=1S/C22H30N4O2/c1-22(11-3-2-4-12-22)21(27)26-14-6-7-17(16-26)9-10-19-24-20(28-25-19)18-8-5-13-23-15-18/h5,8,13,15,17H,2-4,6-7,9-12,14,16H2,1H3. The Morgan fingerprint density at radius 3 is 2.93 bits per heavy atom. The van der Waals surface area contributed by atoms with Gasteiger partial charge in [0, 0.05) is 37.3 Å². The Bertz CT molecular complexity index is 783. The first-order chi connectivity index (χ1) is 13.6. The predicted molar refractivity (Wildman–Crippen MR) is 106 cm³/mol. The predicted octanol–water partition coefficient (Wildman–Crippen LogP) is 4.27. The van der Waals surface area contributed by atoms with Crippen molar-refractivity contribution >= 4 is 5.91 Å². The number of hydrogen-bond donors (Lipinski definition) is 0. The third-order valence-corrected chi connectivity index (χ3v) is 6.43. The van der Waals surface area contributed by atoms with Crippen molar-refractivity contribution in [2.75, 3.05) is 13.1 Å². The van der Waals surface area contributed by atoms with Crippen LogP contribution in [0.3, 0.4) is 0 Å². The van der Waals surface area contributed by atoms with E-state index in [1.54, 1.807) is 12.4 Å². The van der Waals surface area contributed by atoms with Crippen molar-refractivity contribution in [3.8, 4) is 11.5 Å². The van der Waals surface area contributed by atoms with Crippen molar-refractivity contribution in [1.82, 2.24) is 20.0 Å². The highest BCUT2D eigenvalue weighted by Crippen LogP contribution is 2.38. The van der Waals surface area contributed by atoms with Gasteiger partial charge in [-0.25, -0.2) is 0 Å². The number of nitrogens with zero attached hydrogens (tertiary/aromatic N) is 4. The fourth-order valence-electron chi connectivity index (χ4n) is 4.71. The number of rotatable bonds is 5. The summed E-state index contributed by atoms with van der Waals surface area (Å²) in [6, 6.07) is 3.78. The molecule has 6 heteroatoms. The zero-order chi connectivity index (χ0) is 19.4. The molecule has 0 radical (unpaired) electrons. The number of aryl methyl sites for hydroxylation is 1. The summed E-state index contributed by atoms with van der Waals surface area (Å²) in [4.78, 5) is 23.9. The van der Waals surface area contributed by atoms with Crippen LogP contribution in [0.5, 0.6) is 0 Å². The Morgan fingerprint density at radius 2 is 2.14 bits per heavy atom. The first-order valence-corrected chi connectivity index (χ1v) is 10.7. The molecule has 1 aliphatic carbocycles. The van der Waals surface area contributed by atoms with Crippen LogP contribution in [0.4, 0.5) is 0 Å². The van der Waals surface area contributed by atoms with Gasteiger partial charge in [0.05, 0.1) is 5.56 Å². The molecule has 2 fully saturated rings. The number of carbonyl (C=O) groups is 1. The topological polar surface area (TPSA) is 72.1 Å². The van der Waals surface area contributed by atoms with Crippen LogP contribution in [0.15, 0.2) is 29.0 Å². The molecule has 3 heterocycles. The number of carbonyl (C=O) groups excluding carboxylic acids is 1. The molecule has 4 rings (SSSR count). The van der Waals surface area contributed by atoms with Crippen LogP contribution in [-0.2, 0) is 11.2 Å². The Morgan fingerprint density at radius 1 is 1.29 bits per heavy atom. The lowest BCUT2D eigenvalue weighted by molar-refractivity contribution is -0.145. The van der Waals surface area contributed by atoms with Crippen molar-refractivity contribution < 1.29 is 9.32 Å². The zero-order valence-electron chi connectivity index (χ0n) is 16.8. The minimum atomic E-state index is -0.133. The van der Waals surface area contributed by atoms with Gasteiger partial charge in [-0.3, -0.25) is 9.78 Å². The molecule has 0 aromatic carbocycles. The normalized spacial score (nSPS) is 22.2. The molecular formula is C22H30N4O2. The summed E-state index contributed by atoms with van der Waals surface area (Å²) >= 11 is 0. The molecule has 1 amide bonds. The molecule has 0 bridgehead atoms. The van der Waals surface area contributed by atoms with Crippen molar-refractivity contribution in [2.24, 2.45) is 11.3 Å². The van der Waals surface area contributed by atoms with Crippen LogP contribution in [-0.4, -0.2) is 39.0 Å². The number of piperidine rings is 1. The number of pyridine rings is 1. The van der Waals surface area contributed by atoms with Gasteiger partial charge in [-0.15, -0.1) is 0 Å². The number of likely N-dealkylation sites (tertiary alicyclic amines) is 1. The van der Waals surface area contributed by atoms with Crippen molar-refractivity contribution in [3.63, 3.8) is 0 Å². The largest absolute Gasteiger partial charge is 0.342 e. The van der Waals surface area contributed by atoms with Crippen LogP contribution in [0.1, 0.15) is 64.1 Å². The molecule has 150 valence electrons. The van der Waals surface area contributed by atoms with E-state index >= 15 is 0 Å². The minimum absolute atomic E-state index is 0.133. The van der Waals surface area contributed by atoms with Gasteiger partial charge >= 0.3 is 0 Å². The molecule has 2 aliphatic rings. The fourth-order valence-corrected chi connectivity index (χ4v) is 4.71. The van der Waals surface area contributed by atoms with E-state index in [1.807, 2.05) is 12.1 Å². The third-order valence-electron chi connectivity index (χ3n) is 6.43. The minimum Gasteiger partial charge on any atom is -0.342 e. The summed E-state index contributed by atoms with van der Waals surface area (Å²) < 4.78 is 5.38. The highest BCUT2D eigenvalue weighted by molar-refractivity contribution is 5.82. The number of aromatic nitrogens is 3. The van der Waals surface area contributed by atoms with Gasteiger partial charge < -0.3 is 9.42 Å². The maximum absolute atomic E-state index is 13.1. The lowest BCUT2D eigenvalue weighted by atomic mass is 9.74. The van der Waals surface area contributed by atoms with Gasteiger partial charge in [-0.1, -0.05) is 31.3 Å². The molecule has 6 nitrogen and oxygen atoms in total. The molecule has 28 heavy (non-hydrogen) atoms.